The largest absolute Gasteiger partial charge is 0.316 e. The van der Waals surface area contributed by atoms with Crippen LogP contribution in [-0.2, 0) is 10.2 Å². The van der Waals surface area contributed by atoms with Crippen molar-refractivity contribution in [2.24, 2.45) is 11.8 Å². The van der Waals surface area contributed by atoms with Crippen molar-refractivity contribution in [2.75, 3.05) is 18.4 Å². The first kappa shape index (κ1) is 13.1. The summed E-state index contributed by atoms with van der Waals surface area (Å²) in [4.78, 5) is 12.1. The van der Waals surface area contributed by atoms with Crippen molar-refractivity contribution in [3.05, 3.63) is 11.8 Å². The Labute approximate surface area is 108 Å². The highest BCUT2D eigenvalue weighted by molar-refractivity contribution is 5.92. The van der Waals surface area contributed by atoms with Crippen molar-refractivity contribution in [1.29, 1.82) is 0 Å². The van der Waals surface area contributed by atoms with Gasteiger partial charge < -0.3 is 10.6 Å². The van der Waals surface area contributed by atoms with Crippen LogP contribution in [0.2, 0.25) is 0 Å². The third kappa shape index (κ3) is 2.72. The summed E-state index contributed by atoms with van der Waals surface area (Å²) in [5, 5.41) is 13.2. The summed E-state index contributed by atoms with van der Waals surface area (Å²) in [6.07, 6.45) is 0. The molecule has 0 aromatic carbocycles. The van der Waals surface area contributed by atoms with Gasteiger partial charge in [0, 0.05) is 23.7 Å². The number of H-pyrrole nitrogens is 1. The summed E-state index contributed by atoms with van der Waals surface area (Å²) in [5.41, 5.74) is 1.04. The molecular formula is C13H22N4O. The molecule has 0 radical (unpaired) electrons. The molecule has 0 bridgehead atoms. The molecule has 1 amide bonds. The van der Waals surface area contributed by atoms with Crippen LogP contribution in [0.3, 0.4) is 0 Å². The van der Waals surface area contributed by atoms with Gasteiger partial charge in [0.25, 0.3) is 0 Å². The average Bonchev–Trinajstić information content (AvgIpc) is 2.85. The second-order valence-corrected chi connectivity index (χ2v) is 6.15. The maximum Gasteiger partial charge on any atom is 0.230 e. The van der Waals surface area contributed by atoms with Crippen LogP contribution in [-0.4, -0.2) is 29.2 Å². The Balaban J connectivity index is 2.01. The van der Waals surface area contributed by atoms with Crippen molar-refractivity contribution in [3.8, 4) is 0 Å². The Kier molecular flexibility index (Phi) is 3.43. The van der Waals surface area contributed by atoms with Gasteiger partial charge in [-0.15, -0.1) is 0 Å². The lowest BCUT2D eigenvalue weighted by Crippen LogP contribution is -2.27. The van der Waals surface area contributed by atoms with E-state index >= 15 is 0 Å². The van der Waals surface area contributed by atoms with Crippen LogP contribution in [0.1, 0.15) is 33.4 Å². The molecule has 2 atom stereocenters. The summed E-state index contributed by atoms with van der Waals surface area (Å²) in [5.74, 6) is 1.09. The highest BCUT2D eigenvalue weighted by Crippen LogP contribution is 2.23. The number of hydrogen-bond donors (Lipinski definition) is 3. The van der Waals surface area contributed by atoms with E-state index in [-0.39, 0.29) is 17.2 Å². The van der Waals surface area contributed by atoms with Crippen LogP contribution in [0.25, 0.3) is 0 Å². The van der Waals surface area contributed by atoms with Crippen LogP contribution < -0.4 is 10.6 Å². The molecule has 0 spiro atoms. The van der Waals surface area contributed by atoms with Crippen molar-refractivity contribution >= 4 is 11.7 Å². The van der Waals surface area contributed by atoms with Crippen molar-refractivity contribution in [1.82, 2.24) is 15.5 Å². The van der Waals surface area contributed by atoms with Gasteiger partial charge in [-0.25, -0.2) is 0 Å². The lowest BCUT2D eigenvalue weighted by Gasteiger charge is -2.15. The minimum atomic E-state index is 0.0121. The number of amides is 1. The summed E-state index contributed by atoms with van der Waals surface area (Å²) in [6, 6.07) is 1.91. The molecule has 1 saturated heterocycles. The maximum absolute atomic E-state index is 12.1. The molecular weight excluding hydrogens is 228 g/mol. The predicted molar refractivity (Wildman–Crippen MR) is 71.4 cm³/mol. The Morgan fingerprint density at radius 2 is 2.17 bits per heavy atom. The minimum Gasteiger partial charge on any atom is -0.316 e. The van der Waals surface area contributed by atoms with Gasteiger partial charge in [0.05, 0.1) is 5.92 Å². The van der Waals surface area contributed by atoms with Crippen LogP contribution in [0.15, 0.2) is 6.07 Å². The van der Waals surface area contributed by atoms with Gasteiger partial charge in [-0.2, -0.15) is 5.10 Å². The van der Waals surface area contributed by atoms with Gasteiger partial charge in [0.1, 0.15) is 0 Å². The number of rotatable bonds is 2. The number of anilines is 1. The minimum absolute atomic E-state index is 0.0121. The Hall–Kier alpha value is -1.36. The third-order valence-corrected chi connectivity index (χ3v) is 3.49. The number of carbonyl (C=O) groups is 1. The van der Waals surface area contributed by atoms with Gasteiger partial charge >= 0.3 is 0 Å². The Morgan fingerprint density at radius 1 is 1.44 bits per heavy atom. The molecule has 1 aromatic heterocycles. The van der Waals surface area contributed by atoms with Crippen LogP contribution in [0, 0.1) is 11.8 Å². The number of carbonyl (C=O) groups excluding carboxylic acids is 1. The molecule has 0 aliphatic carbocycles. The number of aromatic amines is 1. The van der Waals surface area contributed by atoms with Crippen molar-refractivity contribution < 1.29 is 4.79 Å². The first-order valence-corrected chi connectivity index (χ1v) is 6.45. The van der Waals surface area contributed by atoms with E-state index in [2.05, 4.69) is 48.5 Å². The van der Waals surface area contributed by atoms with E-state index in [1.54, 1.807) is 0 Å². The lowest BCUT2D eigenvalue weighted by atomic mass is 9.92. The first-order chi connectivity index (χ1) is 8.38. The van der Waals surface area contributed by atoms with E-state index in [1.165, 1.54) is 0 Å². The smallest absolute Gasteiger partial charge is 0.230 e. The van der Waals surface area contributed by atoms with Crippen molar-refractivity contribution in [3.63, 3.8) is 0 Å². The Morgan fingerprint density at radius 3 is 2.67 bits per heavy atom. The summed E-state index contributed by atoms with van der Waals surface area (Å²) in [7, 11) is 0. The zero-order valence-electron chi connectivity index (χ0n) is 11.5. The molecule has 100 valence electrons. The third-order valence-electron chi connectivity index (χ3n) is 3.49. The highest BCUT2D eigenvalue weighted by Gasteiger charge is 2.30. The monoisotopic (exact) mass is 250 g/mol. The normalized spacial score (nSPS) is 24.2. The fraction of sp³-hybridized carbons (Fsp3) is 0.692. The van der Waals surface area contributed by atoms with E-state index in [1.807, 2.05) is 6.07 Å². The molecule has 3 N–H and O–H groups in total. The molecule has 2 unspecified atom stereocenters. The number of aromatic nitrogens is 2. The lowest BCUT2D eigenvalue weighted by molar-refractivity contribution is -0.120. The zero-order chi connectivity index (χ0) is 13.3. The molecule has 5 nitrogen and oxygen atoms in total. The molecule has 1 fully saturated rings. The van der Waals surface area contributed by atoms with E-state index in [9.17, 15) is 4.79 Å². The van der Waals surface area contributed by atoms with Gasteiger partial charge in [-0.1, -0.05) is 27.7 Å². The topological polar surface area (TPSA) is 69.8 Å². The predicted octanol–water partition coefficient (Wildman–Crippen LogP) is 1.50. The quantitative estimate of drug-likeness (QED) is 0.745. The summed E-state index contributed by atoms with van der Waals surface area (Å²) >= 11 is 0. The van der Waals surface area contributed by atoms with Crippen molar-refractivity contribution in [2.45, 2.75) is 33.1 Å². The Bertz CT molecular complexity index is 432. The average molecular weight is 250 g/mol. The van der Waals surface area contributed by atoms with Crippen LogP contribution >= 0.6 is 0 Å². The fourth-order valence-corrected chi connectivity index (χ4v) is 2.15. The van der Waals surface area contributed by atoms with E-state index in [0.29, 0.717) is 11.7 Å². The SMILES string of the molecule is CC1CNCC1C(=O)Nc1cc(C(C)(C)C)[nH]n1. The van der Waals surface area contributed by atoms with Gasteiger partial charge in [0.15, 0.2) is 5.82 Å². The highest BCUT2D eigenvalue weighted by atomic mass is 16.2. The van der Waals surface area contributed by atoms with Crippen LogP contribution in [0.5, 0.6) is 0 Å². The molecule has 2 rings (SSSR count). The summed E-state index contributed by atoms with van der Waals surface area (Å²) in [6.45, 7) is 10.1. The van der Waals surface area contributed by atoms with E-state index in [0.717, 1.165) is 18.8 Å². The molecule has 2 heterocycles. The molecule has 18 heavy (non-hydrogen) atoms. The van der Waals surface area contributed by atoms with E-state index in [4.69, 9.17) is 0 Å². The molecule has 1 aromatic rings. The second-order valence-electron chi connectivity index (χ2n) is 6.15. The number of hydrogen-bond acceptors (Lipinski definition) is 3. The summed E-state index contributed by atoms with van der Waals surface area (Å²) < 4.78 is 0. The maximum atomic E-state index is 12.1. The van der Waals surface area contributed by atoms with Gasteiger partial charge in [-0.3, -0.25) is 9.89 Å². The van der Waals surface area contributed by atoms with E-state index < -0.39 is 0 Å². The van der Waals surface area contributed by atoms with Gasteiger partial charge in [-0.05, 0) is 12.5 Å². The second kappa shape index (κ2) is 4.72. The van der Waals surface area contributed by atoms with Crippen LogP contribution in [0.4, 0.5) is 5.82 Å². The fourth-order valence-electron chi connectivity index (χ4n) is 2.15. The molecule has 5 heteroatoms. The zero-order valence-corrected chi connectivity index (χ0v) is 11.5. The number of nitrogens with one attached hydrogen (secondary N) is 3. The standard InChI is InChI=1S/C13H22N4O/c1-8-6-14-7-9(8)12(18)15-11-5-10(16-17-11)13(2,3)4/h5,8-9,14H,6-7H2,1-4H3,(H2,15,16,17,18). The molecule has 0 saturated carbocycles. The first-order valence-electron chi connectivity index (χ1n) is 6.45. The molecule has 1 aliphatic heterocycles. The molecule has 1 aliphatic rings. The number of nitrogens with zero attached hydrogens (tertiary/aromatic N) is 1. The van der Waals surface area contributed by atoms with Gasteiger partial charge in [0.2, 0.25) is 5.91 Å².